The highest BCUT2D eigenvalue weighted by Gasteiger charge is 2.09. The maximum absolute atomic E-state index is 5.17. The third kappa shape index (κ3) is 3.07. The Labute approximate surface area is 75.0 Å². The number of oxazole rings is 1. The molecule has 0 fully saturated rings. The van der Waals surface area contributed by atoms with Gasteiger partial charge in [-0.05, 0) is 12.8 Å². The second-order valence-corrected chi connectivity index (χ2v) is 2.38. The molecular formula is C10H19NO. The standard InChI is InChI=1S/C8H13NO.C2H6/c1-3-7(4-2)8-9-5-6-10-8;1-2/h5-7H,3-4H2,1-2H3;1-2H3. The van der Waals surface area contributed by atoms with Crippen LogP contribution in [0.3, 0.4) is 0 Å². The summed E-state index contributed by atoms with van der Waals surface area (Å²) in [4.78, 5) is 4.09. The average molecular weight is 169 g/mol. The molecule has 0 saturated carbocycles. The van der Waals surface area contributed by atoms with Crippen LogP contribution in [-0.2, 0) is 0 Å². The van der Waals surface area contributed by atoms with Gasteiger partial charge in [0, 0.05) is 5.92 Å². The molecule has 2 heteroatoms. The van der Waals surface area contributed by atoms with Crippen molar-refractivity contribution < 1.29 is 4.42 Å². The highest BCUT2D eigenvalue weighted by atomic mass is 16.3. The van der Waals surface area contributed by atoms with E-state index in [1.165, 1.54) is 0 Å². The summed E-state index contributed by atoms with van der Waals surface area (Å²) in [6, 6.07) is 0. The highest BCUT2D eigenvalue weighted by Crippen LogP contribution is 2.20. The van der Waals surface area contributed by atoms with E-state index >= 15 is 0 Å². The van der Waals surface area contributed by atoms with Crippen LogP contribution in [0.5, 0.6) is 0 Å². The van der Waals surface area contributed by atoms with Crippen LogP contribution < -0.4 is 0 Å². The van der Waals surface area contributed by atoms with Gasteiger partial charge in [-0.15, -0.1) is 0 Å². The molecule has 1 rings (SSSR count). The van der Waals surface area contributed by atoms with E-state index in [0.717, 1.165) is 18.7 Å². The van der Waals surface area contributed by atoms with Crippen molar-refractivity contribution in [2.45, 2.75) is 46.5 Å². The van der Waals surface area contributed by atoms with Gasteiger partial charge in [-0.3, -0.25) is 0 Å². The number of hydrogen-bond acceptors (Lipinski definition) is 2. The Balaban J connectivity index is 0.000000561. The first-order valence-corrected chi connectivity index (χ1v) is 4.77. The van der Waals surface area contributed by atoms with Crippen LogP contribution in [0.15, 0.2) is 16.9 Å². The van der Waals surface area contributed by atoms with E-state index in [1.807, 2.05) is 13.8 Å². The number of nitrogens with zero attached hydrogens (tertiary/aromatic N) is 1. The largest absolute Gasteiger partial charge is 0.449 e. The van der Waals surface area contributed by atoms with Crippen LogP contribution >= 0.6 is 0 Å². The van der Waals surface area contributed by atoms with Crippen LogP contribution in [0.25, 0.3) is 0 Å². The predicted octanol–water partition coefficient (Wildman–Crippen LogP) is 3.60. The minimum absolute atomic E-state index is 0.509. The van der Waals surface area contributed by atoms with Gasteiger partial charge in [0.25, 0.3) is 0 Å². The van der Waals surface area contributed by atoms with E-state index in [9.17, 15) is 0 Å². The van der Waals surface area contributed by atoms with Crippen molar-refractivity contribution in [1.29, 1.82) is 0 Å². The molecule has 0 bridgehead atoms. The molecule has 2 nitrogen and oxygen atoms in total. The fraction of sp³-hybridized carbons (Fsp3) is 0.700. The normalized spacial score (nSPS) is 9.42. The van der Waals surface area contributed by atoms with Crippen LogP contribution in [0.4, 0.5) is 0 Å². The summed E-state index contributed by atoms with van der Waals surface area (Å²) in [5, 5.41) is 0. The van der Waals surface area contributed by atoms with Crippen LogP contribution in [0.2, 0.25) is 0 Å². The SMILES string of the molecule is CC.CCC(CC)c1ncco1. The zero-order valence-corrected chi connectivity index (χ0v) is 8.50. The lowest BCUT2D eigenvalue weighted by Gasteiger charge is -2.05. The molecule has 0 radical (unpaired) electrons. The van der Waals surface area contributed by atoms with Crippen molar-refractivity contribution in [2.75, 3.05) is 0 Å². The van der Waals surface area contributed by atoms with Gasteiger partial charge < -0.3 is 4.42 Å². The third-order valence-electron chi connectivity index (χ3n) is 1.79. The Bertz CT molecular complexity index is 166. The van der Waals surface area contributed by atoms with Gasteiger partial charge in [-0.1, -0.05) is 27.7 Å². The van der Waals surface area contributed by atoms with E-state index < -0.39 is 0 Å². The van der Waals surface area contributed by atoms with Crippen LogP contribution in [0, 0.1) is 0 Å². The van der Waals surface area contributed by atoms with E-state index in [1.54, 1.807) is 12.5 Å². The summed E-state index contributed by atoms with van der Waals surface area (Å²) < 4.78 is 5.17. The second kappa shape index (κ2) is 6.89. The topological polar surface area (TPSA) is 26.0 Å². The monoisotopic (exact) mass is 169 g/mol. The second-order valence-electron chi connectivity index (χ2n) is 2.38. The molecule has 1 aromatic heterocycles. The van der Waals surface area contributed by atoms with E-state index in [-0.39, 0.29) is 0 Å². The minimum atomic E-state index is 0.509. The first-order valence-electron chi connectivity index (χ1n) is 4.77. The first kappa shape index (κ1) is 11.2. The Morgan fingerprint density at radius 2 is 1.92 bits per heavy atom. The molecule has 0 atom stereocenters. The smallest absolute Gasteiger partial charge is 0.197 e. The summed E-state index contributed by atoms with van der Waals surface area (Å²) >= 11 is 0. The molecular weight excluding hydrogens is 150 g/mol. The zero-order chi connectivity index (χ0) is 9.40. The lowest BCUT2D eigenvalue weighted by molar-refractivity contribution is 0.431. The lowest BCUT2D eigenvalue weighted by atomic mass is 10.0. The van der Waals surface area contributed by atoms with E-state index in [2.05, 4.69) is 18.8 Å². The molecule has 0 aliphatic heterocycles. The minimum Gasteiger partial charge on any atom is -0.449 e. The molecule has 70 valence electrons. The molecule has 0 spiro atoms. The summed E-state index contributed by atoms with van der Waals surface area (Å²) in [7, 11) is 0. The maximum atomic E-state index is 5.17. The molecule has 1 aromatic rings. The summed E-state index contributed by atoms with van der Waals surface area (Å²) in [6.07, 6.45) is 5.55. The van der Waals surface area contributed by atoms with Crippen LogP contribution in [0.1, 0.15) is 52.3 Å². The molecule has 0 aliphatic rings. The van der Waals surface area contributed by atoms with Gasteiger partial charge in [0.15, 0.2) is 5.89 Å². The Kier molecular flexibility index (Phi) is 6.44. The zero-order valence-electron chi connectivity index (χ0n) is 8.50. The Morgan fingerprint density at radius 1 is 1.33 bits per heavy atom. The molecule has 0 aliphatic carbocycles. The molecule has 0 N–H and O–H groups in total. The Hall–Kier alpha value is -0.790. The van der Waals surface area contributed by atoms with Gasteiger partial charge in [-0.25, -0.2) is 4.98 Å². The number of rotatable bonds is 3. The van der Waals surface area contributed by atoms with E-state index in [0.29, 0.717) is 5.92 Å². The van der Waals surface area contributed by atoms with Gasteiger partial charge in [0.2, 0.25) is 0 Å². The van der Waals surface area contributed by atoms with Gasteiger partial charge in [0.05, 0.1) is 6.20 Å². The molecule has 12 heavy (non-hydrogen) atoms. The summed E-state index contributed by atoms with van der Waals surface area (Å²) in [5.41, 5.74) is 0. The van der Waals surface area contributed by atoms with Crippen molar-refractivity contribution in [3.8, 4) is 0 Å². The van der Waals surface area contributed by atoms with Gasteiger partial charge >= 0.3 is 0 Å². The summed E-state index contributed by atoms with van der Waals surface area (Å²) in [6.45, 7) is 8.30. The fourth-order valence-electron chi connectivity index (χ4n) is 1.07. The first-order chi connectivity index (χ1) is 5.88. The molecule has 1 heterocycles. The van der Waals surface area contributed by atoms with Crippen molar-refractivity contribution in [3.63, 3.8) is 0 Å². The fourth-order valence-corrected chi connectivity index (χ4v) is 1.07. The van der Waals surface area contributed by atoms with Crippen molar-refractivity contribution >= 4 is 0 Å². The molecule has 0 aromatic carbocycles. The summed E-state index contributed by atoms with van der Waals surface area (Å²) in [5.74, 6) is 1.39. The van der Waals surface area contributed by atoms with Gasteiger partial charge in [0.1, 0.15) is 6.26 Å². The lowest BCUT2D eigenvalue weighted by Crippen LogP contribution is -1.94. The third-order valence-corrected chi connectivity index (χ3v) is 1.79. The average Bonchev–Trinajstić information content (AvgIpc) is 2.64. The Morgan fingerprint density at radius 3 is 2.25 bits per heavy atom. The predicted molar refractivity (Wildman–Crippen MR) is 51.2 cm³/mol. The number of hydrogen-bond donors (Lipinski definition) is 0. The maximum Gasteiger partial charge on any atom is 0.197 e. The van der Waals surface area contributed by atoms with Crippen molar-refractivity contribution in [1.82, 2.24) is 4.98 Å². The number of aromatic nitrogens is 1. The van der Waals surface area contributed by atoms with E-state index in [4.69, 9.17) is 4.42 Å². The van der Waals surface area contributed by atoms with Crippen molar-refractivity contribution in [2.24, 2.45) is 0 Å². The van der Waals surface area contributed by atoms with Crippen LogP contribution in [-0.4, -0.2) is 4.98 Å². The highest BCUT2D eigenvalue weighted by molar-refractivity contribution is 4.89. The molecule has 0 saturated heterocycles. The molecule has 0 amide bonds. The molecule has 0 unspecified atom stereocenters. The quantitative estimate of drug-likeness (QED) is 0.691. The van der Waals surface area contributed by atoms with Crippen molar-refractivity contribution in [3.05, 3.63) is 18.4 Å². The van der Waals surface area contributed by atoms with Gasteiger partial charge in [-0.2, -0.15) is 0 Å².